The molecule has 3 heterocycles. The van der Waals surface area contributed by atoms with Crippen LogP contribution in [-0.2, 0) is 4.74 Å². The van der Waals surface area contributed by atoms with E-state index in [1.165, 1.54) is 6.33 Å². The molecule has 8 nitrogen and oxygen atoms in total. The van der Waals surface area contributed by atoms with Crippen LogP contribution in [0.3, 0.4) is 0 Å². The summed E-state index contributed by atoms with van der Waals surface area (Å²) >= 11 is 0.360. The van der Waals surface area contributed by atoms with Crippen LogP contribution in [0, 0.1) is 0 Å². The van der Waals surface area contributed by atoms with E-state index in [1.807, 2.05) is 0 Å². The monoisotopic (exact) mass is 359 g/mol. The van der Waals surface area contributed by atoms with Crippen molar-refractivity contribution in [2.75, 3.05) is 12.4 Å². The van der Waals surface area contributed by atoms with Crippen molar-refractivity contribution < 1.29 is 14.9 Å². The van der Waals surface area contributed by atoms with E-state index in [-0.39, 0.29) is 6.10 Å². The second-order valence-corrected chi connectivity index (χ2v) is 6.71. The number of aliphatic hydroxyl groups excluding tert-OH is 2. The van der Waals surface area contributed by atoms with Gasteiger partial charge in [-0.25, -0.2) is 0 Å². The van der Waals surface area contributed by atoms with Crippen molar-refractivity contribution >= 4 is 31.9 Å². The summed E-state index contributed by atoms with van der Waals surface area (Å²) in [5.74, 6) is 2.68. The van der Waals surface area contributed by atoms with E-state index in [2.05, 4.69) is 26.1 Å². The first-order valence-corrected chi connectivity index (χ1v) is 9.45. The number of fused-ring (bicyclic) bond motifs is 1. The molecule has 114 valence electrons. The molecule has 21 heavy (non-hydrogen) atoms. The molecule has 0 aromatic carbocycles. The fourth-order valence-corrected chi connectivity index (χ4v) is 3.75. The van der Waals surface area contributed by atoms with Crippen molar-refractivity contribution in [3.8, 4) is 0 Å². The third kappa shape index (κ3) is 2.41. The summed E-state index contributed by atoms with van der Waals surface area (Å²) in [4.78, 5) is 12.6. The van der Waals surface area contributed by atoms with E-state index in [0.29, 0.717) is 31.9 Å². The summed E-state index contributed by atoms with van der Waals surface area (Å²) < 4.78 is 7.46. The molecule has 4 unspecified atom stereocenters. The number of nitrogens with one attached hydrogen (secondary N) is 1. The van der Waals surface area contributed by atoms with E-state index >= 15 is 0 Å². The molecular weight excluding hydrogens is 341 g/mol. The number of aliphatic hydroxyl groups is 2. The molecular formula is C12H17N5O3Se. The Kier molecular flexibility index (Phi) is 4.10. The van der Waals surface area contributed by atoms with Crippen molar-refractivity contribution in [2.45, 2.75) is 35.7 Å². The van der Waals surface area contributed by atoms with Crippen LogP contribution >= 0.6 is 0 Å². The summed E-state index contributed by atoms with van der Waals surface area (Å²) in [6.45, 7) is 0. The first-order valence-electron chi connectivity index (χ1n) is 6.53. The van der Waals surface area contributed by atoms with Gasteiger partial charge in [-0.2, -0.15) is 0 Å². The Morgan fingerprint density at radius 3 is 2.86 bits per heavy atom. The molecule has 0 amide bonds. The van der Waals surface area contributed by atoms with Crippen LogP contribution in [0.5, 0.6) is 0 Å². The Balaban J connectivity index is 1.98. The Labute approximate surface area is 127 Å². The number of imidazole rings is 1. The van der Waals surface area contributed by atoms with Crippen LogP contribution in [0.1, 0.15) is 6.23 Å². The molecule has 2 aromatic heterocycles. The SMILES string of the molecule is CNc1ncnc2c1ncn2C1OC(C[Se]C)C(O)C1O. The Morgan fingerprint density at radius 1 is 1.33 bits per heavy atom. The zero-order valence-corrected chi connectivity index (χ0v) is 13.4. The number of aromatic nitrogens is 4. The number of anilines is 1. The van der Waals surface area contributed by atoms with Gasteiger partial charge in [0.05, 0.1) is 0 Å². The number of hydrogen-bond acceptors (Lipinski definition) is 7. The summed E-state index contributed by atoms with van der Waals surface area (Å²) in [7, 11) is 1.75. The van der Waals surface area contributed by atoms with E-state index in [4.69, 9.17) is 4.74 Å². The van der Waals surface area contributed by atoms with Crippen molar-refractivity contribution in [1.29, 1.82) is 0 Å². The van der Waals surface area contributed by atoms with Gasteiger partial charge in [0.15, 0.2) is 0 Å². The Morgan fingerprint density at radius 2 is 2.14 bits per heavy atom. The molecule has 9 heteroatoms. The van der Waals surface area contributed by atoms with Crippen molar-refractivity contribution in [3.05, 3.63) is 12.7 Å². The van der Waals surface area contributed by atoms with Crippen LogP contribution in [0.25, 0.3) is 11.2 Å². The van der Waals surface area contributed by atoms with E-state index in [9.17, 15) is 10.2 Å². The fourth-order valence-electron chi connectivity index (χ4n) is 2.48. The molecule has 0 saturated carbocycles. The average molecular weight is 358 g/mol. The topological polar surface area (TPSA) is 105 Å². The number of rotatable bonds is 4. The molecule has 1 aliphatic rings. The first-order chi connectivity index (χ1) is 10.2. The van der Waals surface area contributed by atoms with E-state index in [0.717, 1.165) is 5.32 Å². The summed E-state index contributed by atoms with van der Waals surface area (Å²) in [6, 6.07) is 0. The van der Waals surface area contributed by atoms with Crippen LogP contribution in [0.4, 0.5) is 5.82 Å². The summed E-state index contributed by atoms with van der Waals surface area (Å²) in [5.41, 5.74) is 1.17. The second-order valence-electron chi connectivity index (χ2n) is 4.80. The van der Waals surface area contributed by atoms with Gasteiger partial charge in [0.1, 0.15) is 0 Å². The molecule has 0 aliphatic carbocycles. The molecule has 0 bridgehead atoms. The molecule has 2 aromatic rings. The standard InChI is InChI=1S/C12H17N5O3Se/c1-13-10-7-11(15-4-14-10)17(5-16-7)12-9(19)8(18)6(20-12)3-21-2/h4-6,8-9,12,18-19H,3H2,1-2H3,(H,13,14,15). The Hall–Kier alpha value is -1.25. The normalized spacial score (nSPS) is 29.1. The minimum absolute atomic E-state index is 0.349. The number of ether oxygens (including phenoxy) is 1. The van der Waals surface area contributed by atoms with E-state index in [1.54, 1.807) is 17.9 Å². The van der Waals surface area contributed by atoms with Crippen LogP contribution < -0.4 is 5.32 Å². The molecule has 3 N–H and O–H groups in total. The molecule has 1 fully saturated rings. The fraction of sp³-hybridized carbons (Fsp3) is 0.583. The van der Waals surface area contributed by atoms with Crippen molar-refractivity contribution in [1.82, 2.24) is 19.5 Å². The Bertz CT molecular complexity index is 636. The zero-order valence-electron chi connectivity index (χ0n) is 11.7. The quantitative estimate of drug-likeness (QED) is 0.642. The van der Waals surface area contributed by atoms with E-state index < -0.39 is 18.4 Å². The van der Waals surface area contributed by atoms with Gasteiger partial charge >= 0.3 is 127 Å². The predicted molar refractivity (Wildman–Crippen MR) is 77.2 cm³/mol. The van der Waals surface area contributed by atoms with Gasteiger partial charge in [-0.3, -0.25) is 0 Å². The summed E-state index contributed by atoms with van der Waals surface area (Å²) in [6.07, 6.45) is 0.0643. The van der Waals surface area contributed by atoms with Gasteiger partial charge < -0.3 is 0 Å². The van der Waals surface area contributed by atoms with Gasteiger partial charge in [-0.05, 0) is 0 Å². The van der Waals surface area contributed by atoms with Crippen LogP contribution in [0.15, 0.2) is 12.7 Å². The molecule has 0 radical (unpaired) electrons. The van der Waals surface area contributed by atoms with Crippen LogP contribution in [0.2, 0.25) is 11.1 Å². The van der Waals surface area contributed by atoms with Gasteiger partial charge in [-0.15, -0.1) is 0 Å². The van der Waals surface area contributed by atoms with Gasteiger partial charge in [0.2, 0.25) is 0 Å². The predicted octanol–water partition coefficient (Wildman–Crippen LogP) is -0.342. The minimum atomic E-state index is -0.997. The van der Waals surface area contributed by atoms with Crippen molar-refractivity contribution in [3.63, 3.8) is 0 Å². The molecule has 4 atom stereocenters. The first kappa shape index (κ1) is 14.7. The van der Waals surface area contributed by atoms with Gasteiger partial charge in [0.25, 0.3) is 0 Å². The molecule has 3 rings (SSSR count). The number of nitrogens with zero attached hydrogens (tertiary/aromatic N) is 4. The van der Waals surface area contributed by atoms with Gasteiger partial charge in [-0.1, -0.05) is 0 Å². The van der Waals surface area contributed by atoms with Crippen LogP contribution in [-0.4, -0.2) is 70.0 Å². The third-order valence-electron chi connectivity index (χ3n) is 3.54. The maximum absolute atomic E-state index is 10.2. The maximum atomic E-state index is 10.2. The molecule has 0 spiro atoms. The third-order valence-corrected chi connectivity index (χ3v) is 4.93. The average Bonchev–Trinajstić information content (AvgIpc) is 3.04. The number of hydrogen-bond donors (Lipinski definition) is 3. The van der Waals surface area contributed by atoms with Crippen molar-refractivity contribution in [2.24, 2.45) is 0 Å². The zero-order chi connectivity index (χ0) is 15.0. The second kappa shape index (κ2) is 5.86. The van der Waals surface area contributed by atoms with Gasteiger partial charge in [0, 0.05) is 0 Å². The molecule has 1 aliphatic heterocycles. The molecule has 1 saturated heterocycles. The summed E-state index contributed by atoms with van der Waals surface area (Å²) in [5, 5.41) is 24.0.